The van der Waals surface area contributed by atoms with Gasteiger partial charge in [-0.15, -0.1) is 0 Å². The molecule has 128 valence electrons. The van der Waals surface area contributed by atoms with Crippen LogP contribution in [0.15, 0.2) is 24.3 Å². The van der Waals surface area contributed by atoms with Gasteiger partial charge in [0.2, 0.25) is 10.0 Å². The second kappa shape index (κ2) is 6.89. The molecule has 0 saturated carbocycles. The minimum atomic E-state index is -3.37. The van der Waals surface area contributed by atoms with E-state index in [0.29, 0.717) is 19.5 Å². The lowest BCUT2D eigenvalue weighted by Crippen LogP contribution is -2.47. The van der Waals surface area contributed by atoms with Gasteiger partial charge >= 0.3 is 0 Å². The van der Waals surface area contributed by atoms with Gasteiger partial charge in [0.05, 0.1) is 6.10 Å². The monoisotopic (exact) mass is 339 g/mol. The van der Waals surface area contributed by atoms with Gasteiger partial charge in [-0.05, 0) is 36.8 Å². The predicted molar refractivity (Wildman–Crippen MR) is 88.8 cm³/mol. The fourth-order valence-corrected chi connectivity index (χ4v) is 5.88. The summed E-state index contributed by atoms with van der Waals surface area (Å²) >= 11 is 0. The van der Waals surface area contributed by atoms with E-state index in [1.165, 1.54) is 5.56 Å². The summed E-state index contributed by atoms with van der Waals surface area (Å²) in [5, 5.41) is -0.499. The number of ether oxygens (including phenoxy) is 2. The molecule has 0 N–H and O–H groups in total. The maximum atomic E-state index is 13.1. The van der Waals surface area contributed by atoms with Gasteiger partial charge < -0.3 is 9.47 Å². The molecule has 0 aromatic heterocycles. The molecule has 2 aliphatic rings. The van der Waals surface area contributed by atoms with Crippen LogP contribution in [0.2, 0.25) is 0 Å². The minimum Gasteiger partial charge on any atom is -0.381 e. The van der Waals surface area contributed by atoms with Crippen molar-refractivity contribution in [2.45, 2.75) is 43.1 Å². The van der Waals surface area contributed by atoms with Crippen LogP contribution in [0.4, 0.5) is 0 Å². The zero-order chi connectivity index (χ0) is 16.4. The summed E-state index contributed by atoms with van der Waals surface area (Å²) in [4.78, 5) is 0. The molecule has 1 aliphatic carbocycles. The first-order chi connectivity index (χ1) is 11.1. The Hall–Kier alpha value is -0.950. The number of methoxy groups -OCH3 is 2. The topological polar surface area (TPSA) is 55.8 Å². The molecule has 6 heteroatoms. The first-order valence-electron chi connectivity index (χ1n) is 8.20. The van der Waals surface area contributed by atoms with E-state index < -0.39 is 15.3 Å². The SMILES string of the molecule is COC1CCN(S(=O)(=O)C2CCc3ccccc3C2OC)CC1. The highest BCUT2D eigenvalue weighted by molar-refractivity contribution is 7.89. The molecule has 1 fully saturated rings. The number of fused-ring (bicyclic) bond motifs is 1. The van der Waals surface area contributed by atoms with Crippen molar-refractivity contribution >= 4 is 10.0 Å². The molecule has 1 aliphatic heterocycles. The normalized spacial score (nSPS) is 26.9. The predicted octanol–water partition coefficient (Wildman–Crippen LogP) is 2.13. The minimum absolute atomic E-state index is 0.173. The fourth-order valence-electron chi connectivity index (χ4n) is 3.79. The van der Waals surface area contributed by atoms with Gasteiger partial charge in [-0.1, -0.05) is 24.3 Å². The van der Waals surface area contributed by atoms with Gasteiger partial charge in [0.25, 0.3) is 0 Å². The molecule has 0 radical (unpaired) electrons. The van der Waals surface area contributed by atoms with Crippen LogP contribution in [-0.4, -0.2) is 51.4 Å². The summed E-state index contributed by atoms with van der Waals surface area (Å²) < 4.78 is 38.8. The van der Waals surface area contributed by atoms with Crippen molar-refractivity contribution in [3.05, 3.63) is 35.4 Å². The number of nitrogens with zero attached hydrogens (tertiary/aromatic N) is 1. The third kappa shape index (κ3) is 3.18. The van der Waals surface area contributed by atoms with Crippen molar-refractivity contribution in [3.63, 3.8) is 0 Å². The summed E-state index contributed by atoms with van der Waals surface area (Å²) in [6.45, 7) is 1.07. The molecular weight excluding hydrogens is 314 g/mol. The summed E-state index contributed by atoms with van der Waals surface area (Å²) in [7, 11) is -0.0760. The molecule has 0 bridgehead atoms. The lowest BCUT2D eigenvalue weighted by Gasteiger charge is -2.38. The van der Waals surface area contributed by atoms with Crippen LogP contribution in [0.25, 0.3) is 0 Å². The van der Waals surface area contributed by atoms with Crippen molar-refractivity contribution < 1.29 is 17.9 Å². The summed E-state index contributed by atoms with van der Waals surface area (Å²) in [5.74, 6) is 0. The van der Waals surface area contributed by atoms with E-state index in [9.17, 15) is 8.42 Å². The average molecular weight is 339 g/mol. The fraction of sp³-hybridized carbons (Fsp3) is 0.647. The zero-order valence-corrected chi connectivity index (χ0v) is 14.6. The van der Waals surface area contributed by atoms with Crippen molar-refractivity contribution in [1.82, 2.24) is 4.31 Å². The van der Waals surface area contributed by atoms with Crippen LogP contribution in [-0.2, 0) is 25.9 Å². The summed E-state index contributed by atoms with van der Waals surface area (Å²) in [5.41, 5.74) is 2.21. The number of rotatable bonds is 4. The van der Waals surface area contributed by atoms with Gasteiger partial charge in [0.1, 0.15) is 11.4 Å². The maximum Gasteiger partial charge on any atom is 0.219 e. The summed E-state index contributed by atoms with van der Waals surface area (Å²) in [6.07, 6.45) is 2.71. The molecule has 1 saturated heterocycles. The Morgan fingerprint density at radius 1 is 1.04 bits per heavy atom. The molecule has 2 atom stereocenters. The molecule has 5 nitrogen and oxygen atoms in total. The lowest BCUT2D eigenvalue weighted by atomic mass is 9.89. The maximum absolute atomic E-state index is 13.1. The van der Waals surface area contributed by atoms with Gasteiger partial charge in [0.15, 0.2) is 0 Å². The quantitative estimate of drug-likeness (QED) is 0.843. The molecule has 1 aromatic carbocycles. The molecule has 0 amide bonds. The lowest BCUT2D eigenvalue weighted by molar-refractivity contribution is 0.0578. The summed E-state index contributed by atoms with van der Waals surface area (Å²) in [6, 6.07) is 8.00. The van der Waals surface area contributed by atoms with E-state index in [1.54, 1.807) is 18.5 Å². The smallest absolute Gasteiger partial charge is 0.219 e. The van der Waals surface area contributed by atoms with Crippen LogP contribution in [0.3, 0.4) is 0 Å². The van der Waals surface area contributed by atoms with Crippen LogP contribution in [0, 0.1) is 0 Å². The second-order valence-corrected chi connectivity index (χ2v) is 8.46. The van der Waals surface area contributed by atoms with Crippen molar-refractivity contribution in [3.8, 4) is 0 Å². The largest absolute Gasteiger partial charge is 0.381 e. The first-order valence-corrected chi connectivity index (χ1v) is 9.70. The Kier molecular flexibility index (Phi) is 5.06. The Morgan fingerprint density at radius 3 is 2.39 bits per heavy atom. The average Bonchev–Trinajstić information content (AvgIpc) is 2.60. The zero-order valence-electron chi connectivity index (χ0n) is 13.8. The van der Waals surface area contributed by atoms with Crippen molar-refractivity contribution in [2.75, 3.05) is 27.3 Å². The number of benzene rings is 1. The van der Waals surface area contributed by atoms with E-state index >= 15 is 0 Å². The number of aryl methyl sites for hydroxylation is 1. The highest BCUT2D eigenvalue weighted by atomic mass is 32.2. The number of piperidine rings is 1. The second-order valence-electron chi connectivity index (χ2n) is 6.31. The van der Waals surface area contributed by atoms with E-state index in [1.807, 2.05) is 18.2 Å². The third-order valence-electron chi connectivity index (χ3n) is 5.13. The Morgan fingerprint density at radius 2 is 1.74 bits per heavy atom. The van der Waals surface area contributed by atoms with Gasteiger partial charge in [0, 0.05) is 27.3 Å². The van der Waals surface area contributed by atoms with Crippen LogP contribution < -0.4 is 0 Å². The number of sulfonamides is 1. The molecule has 2 unspecified atom stereocenters. The Bertz CT molecular complexity index is 638. The van der Waals surface area contributed by atoms with Crippen molar-refractivity contribution in [2.24, 2.45) is 0 Å². The van der Waals surface area contributed by atoms with Crippen LogP contribution in [0.5, 0.6) is 0 Å². The van der Waals surface area contributed by atoms with Gasteiger partial charge in [-0.2, -0.15) is 0 Å². The van der Waals surface area contributed by atoms with E-state index in [-0.39, 0.29) is 12.2 Å². The van der Waals surface area contributed by atoms with E-state index in [0.717, 1.165) is 24.8 Å². The first kappa shape index (κ1) is 16.9. The highest BCUT2D eigenvalue weighted by Crippen LogP contribution is 2.37. The van der Waals surface area contributed by atoms with Gasteiger partial charge in [-0.25, -0.2) is 12.7 Å². The highest BCUT2D eigenvalue weighted by Gasteiger charge is 2.42. The molecule has 3 rings (SSSR count). The Labute approximate surface area is 138 Å². The van der Waals surface area contributed by atoms with E-state index in [2.05, 4.69) is 6.07 Å². The third-order valence-corrected chi connectivity index (χ3v) is 7.46. The van der Waals surface area contributed by atoms with Crippen molar-refractivity contribution in [1.29, 1.82) is 0 Å². The molecule has 1 aromatic rings. The molecule has 0 spiro atoms. The van der Waals surface area contributed by atoms with Gasteiger partial charge in [-0.3, -0.25) is 0 Å². The standard InChI is InChI=1S/C17H25NO4S/c1-21-14-9-11-18(12-10-14)23(19,20)16-8-7-13-5-3-4-6-15(13)17(16)22-2/h3-6,14,16-17H,7-12H2,1-2H3. The van der Waals surface area contributed by atoms with Crippen LogP contribution in [0.1, 0.15) is 36.5 Å². The number of hydrogen-bond donors (Lipinski definition) is 0. The van der Waals surface area contributed by atoms with E-state index in [4.69, 9.17) is 9.47 Å². The molecule has 23 heavy (non-hydrogen) atoms. The molecular formula is C17H25NO4S. The Balaban J connectivity index is 1.83. The van der Waals surface area contributed by atoms with Crippen LogP contribution >= 0.6 is 0 Å². The number of hydrogen-bond acceptors (Lipinski definition) is 4. The molecule has 1 heterocycles.